The van der Waals surface area contributed by atoms with Crippen molar-refractivity contribution >= 4 is 17.3 Å². The first-order valence-corrected chi connectivity index (χ1v) is 10.9. The van der Waals surface area contributed by atoms with Crippen molar-refractivity contribution in [1.82, 2.24) is 9.80 Å². The molecular weight excluding hydrogens is 379 g/mol. The van der Waals surface area contributed by atoms with E-state index in [9.17, 15) is 9.18 Å². The number of amides is 1. The monoisotopic (exact) mass is 410 g/mol. The van der Waals surface area contributed by atoms with Gasteiger partial charge < -0.3 is 15.1 Å². The van der Waals surface area contributed by atoms with E-state index in [0.717, 1.165) is 69.9 Å². The number of carbonyl (C=O) groups is 1. The fourth-order valence-electron chi connectivity index (χ4n) is 4.33. The van der Waals surface area contributed by atoms with Gasteiger partial charge in [0.05, 0.1) is 5.92 Å². The second-order valence-corrected chi connectivity index (χ2v) is 8.53. The molecule has 0 aromatic heterocycles. The molecule has 1 unspecified atom stereocenters. The van der Waals surface area contributed by atoms with Crippen molar-refractivity contribution in [3.63, 3.8) is 0 Å². The SMILES string of the molecule is CN1CCN(c2ccc(NC(=O)C3CCCN(Cc4ccc(F)cc4)C3)cc2)CC1. The third-order valence-electron chi connectivity index (χ3n) is 6.20. The summed E-state index contributed by atoms with van der Waals surface area (Å²) in [5.74, 6) is -0.143. The Bertz CT molecular complexity index is 831. The first-order chi connectivity index (χ1) is 14.6. The van der Waals surface area contributed by atoms with Gasteiger partial charge in [0, 0.05) is 50.6 Å². The fourth-order valence-corrected chi connectivity index (χ4v) is 4.33. The van der Waals surface area contributed by atoms with Gasteiger partial charge in [0.1, 0.15) is 5.82 Å². The summed E-state index contributed by atoms with van der Waals surface area (Å²) in [6.07, 6.45) is 1.91. The number of hydrogen-bond acceptors (Lipinski definition) is 4. The van der Waals surface area contributed by atoms with Crippen LogP contribution in [0.2, 0.25) is 0 Å². The van der Waals surface area contributed by atoms with Crippen molar-refractivity contribution in [2.24, 2.45) is 5.92 Å². The largest absolute Gasteiger partial charge is 0.369 e. The molecule has 2 aliphatic heterocycles. The summed E-state index contributed by atoms with van der Waals surface area (Å²) in [7, 11) is 2.15. The van der Waals surface area contributed by atoms with Gasteiger partial charge >= 0.3 is 0 Å². The number of benzene rings is 2. The molecule has 2 fully saturated rings. The van der Waals surface area contributed by atoms with Gasteiger partial charge in [-0.1, -0.05) is 12.1 Å². The summed E-state index contributed by atoms with van der Waals surface area (Å²) < 4.78 is 13.1. The van der Waals surface area contributed by atoms with Gasteiger partial charge in [-0.25, -0.2) is 4.39 Å². The maximum atomic E-state index is 13.1. The van der Waals surface area contributed by atoms with E-state index in [-0.39, 0.29) is 17.6 Å². The van der Waals surface area contributed by atoms with Crippen LogP contribution in [0.3, 0.4) is 0 Å². The van der Waals surface area contributed by atoms with Gasteiger partial charge in [0.25, 0.3) is 0 Å². The molecule has 1 amide bonds. The third-order valence-corrected chi connectivity index (χ3v) is 6.20. The number of nitrogens with one attached hydrogen (secondary N) is 1. The predicted molar refractivity (Wildman–Crippen MR) is 119 cm³/mol. The number of nitrogens with zero attached hydrogens (tertiary/aromatic N) is 3. The lowest BCUT2D eigenvalue weighted by molar-refractivity contribution is -0.121. The lowest BCUT2D eigenvalue weighted by atomic mass is 9.96. The van der Waals surface area contributed by atoms with Crippen LogP contribution < -0.4 is 10.2 Å². The summed E-state index contributed by atoms with van der Waals surface area (Å²) in [5.41, 5.74) is 3.15. The molecule has 30 heavy (non-hydrogen) atoms. The molecule has 2 heterocycles. The number of carbonyl (C=O) groups excluding carboxylic acids is 1. The van der Waals surface area contributed by atoms with Crippen LogP contribution in [0, 0.1) is 11.7 Å². The van der Waals surface area contributed by atoms with Crippen LogP contribution in [-0.4, -0.2) is 62.0 Å². The number of rotatable bonds is 5. The highest BCUT2D eigenvalue weighted by molar-refractivity contribution is 5.92. The van der Waals surface area contributed by atoms with Crippen molar-refractivity contribution in [3.05, 3.63) is 59.9 Å². The molecule has 0 bridgehead atoms. The first-order valence-electron chi connectivity index (χ1n) is 10.9. The van der Waals surface area contributed by atoms with Gasteiger partial charge in [-0.3, -0.25) is 9.69 Å². The van der Waals surface area contributed by atoms with Crippen LogP contribution in [0.25, 0.3) is 0 Å². The summed E-state index contributed by atoms with van der Waals surface area (Å²) in [5, 5.41) is 3.10. The third kappa shape index (κ3) is 5.37. The molecule has 1 N–H and O–H groups in total. The molecule has 2 aromatic rings. The van der Waals surface area contributed by atoms with Crippen LogP contribution in [0.4, 0.5) is 15.8 Å². The Morgan fingerprint density at radius 2 is 1.70 bits per heavy atom. The second kappa shape index (κ2) is 9.58. The molecule has 5 nitrogen and oxygen atoms in total. The summed E-state index contributed by atoms with van der Waals surface area (Å²) in [4.78, 5) is 19.8. The summed E-state index contributed by atoms with van der Waals surface area (Å²) >= 11 is 0. The van der Waals surface area contributed by atoms with Gasteiger partial charge in [-0.05, 0) is 68.4 Å². The molecule has 2 aliphatic rings. The predicted octanol–water partition coefficient (Wildman–Crippen LogP) is 3.43. The second-order valence-electron chi connectivity index (χ2n) is 8.53. The zero-order valence-electron chi connectivity index (χ0n) is 17.7. The van der Waals surface area contributed by atoms with E-state index < -0.39 is 0 Å². The first kappa shape index (κ1) is 20.8. The van der Waals surface area contributed by atoms with E-state index >= 15 is 0 Å². The van der Waals surface area contributed by atoms with E-state index in [1.54, 1.807) is 0 Å². The molecule has 0 saturated carbocycles. The van der Waals surface area contributed by atoms with Gasteiger partial charge in [0.15, 0.2) is 0 Å². The Morgan fingerprint density at radius 3 is 2.40 bits per heavy atom. The smallest absolute Gasteiger partial charge is 0.228 e. The van der Waals surface area contributed by atoms with Crippen LogP contribution in [0.5, 0.6) is 0 Å². The zero-order chi connectivity index (χ0) is 20.9. The Morgan fingerprint density at radius 1 is 1.00 bits per heavy atom. The number of piperazine rings is 1. The van der Waals surface area contributed by atoms with Crippen molar-refractivity contribution in [2.75, 3.05) is 56.5 Å². The molecule has 0 radical (unpaired) electrons. The number of likely N-dealkylation sites (N-methyl/N-ethyl adjacent to an activating group) is 1. The maximum absolute atomic E-state index is 13.1. The maximum Gasteiger partial charge on any atom is 0.228 e. The quantitative estimate of drug-likeness (QED) is 0.820. The molecule has 6 heteroatoms. The van der Waals surface area contributed by atoms with E-state index in [4.69, 9.17) is 0 Å². The highest BCUT2D eigenvalue weighted by Crippen LogP contribution is 2.23. The van der Waals surface area contributed by atoms with Crippen molar-refractivity contribution < 1.29 is 9.18 Å². The average Bonchev–Trinajstić information content (AvgIpc) is 2.77. The Balaban J connectivity index is 1.30. The van der Waals surface area contributed by atoms with Gasteiger partial charge in [-0.2, -0.15) is 0 Å². The van der Waals surface area contributed by atoms with E-state index in [0.29, 0.717) is 0 Å². The molecule has 2 aromatic carbocycles. The van der Waals surface area contributed by atoms with E-state index in [1.165, 1.54) is 17.8 Å². The highest BCUT2D eigenvalue weighted by Gasteiger charge is 2.26. The van der Waals surface area contributed by atoms with Crippen LogP contribution in [0.15, 0.2) is 48.5 Å². The van der Waals surface area contributed by atoms with Crippen LogP contribution in [-0.2, 0) is 11.3 Å². The van der Waals surface area contributed by atoms with Gasteiger partial charge in [0.2, 0.25) is 5.91 Å². The lowest BCUT2D eigenvalue weighted by Gasteiger charge is -2.34. The number of halogens is 1. The average molecular weight is 411 g/mol. The normalized spacial score (nSPS) is 20.9. The molecule has 1 atom stereocenters. The van der Waals surface area contributed by atoms with Crippen LogP contribution in [0.1, 0.15) is 18.4 Å². The van der Waals surface area contributed by atoms with Crippen molar-refractivity contribution in [3.8, 4) is 0 Å². The molecular formula is C24H31FN4O. The number of piperidine rings is 1. The lowest BCUT2D eigenvalue weighted by Crippen LogP contribution is -2.44. The molecule has 0 spiro atoms. The van der Waals surface area contributed by atoms with Crippen molar-refractivity contribution in [2.45, 2.75) is 19.4 Å². The van der Waals surface area contributed by atoms with E-state index in [2.05, 4.69) is 39.2 Å². The van der Waals surface area contributed by atoms with Gasteiger partial charge in [-0.15, -0.1) is 0 Å². The minimum atomic E-state index is -0.215. The minimum Gasteiger partial charge on any atom is -0.369 e. The Labute approximate surface area is 178 Å². The Hall–Kier alpha value is -2.44. The van der Waals surface area contributed by atoms with Crippen LogP contribution >= 0.6 is 0 Å². The standard InChI is InChI=1S/C24H31FN4O/c1-27-13-15-29(16-14-27)23-10-8-22(9-11-23)26-24(30)20-3-2-12-28(18-20)17-19-4-6-21(25)7-5-19/h4-11,20H,2-3,12-18H2,1H3,(H,26,30). The summed E-state index contributed by atoms with van der Waals surface area (Å²) in [6, 6.07) is 14.8. The highest BCUT2D eigenvalue weighted by atomic mass is 19.1. The molecule has 4 rings (SSSR count). The number of likely N-dealkylation sites (tertiary alicyclic amines) is 1. The molecule has 2 saturated heterocycles. The molecule has 0 aliphatic carbocycles. The minimum absolute atomic E-state index is 0.0171. The number of hydrogen-bond donors (Lipinski definition) is 1. The molecule has 160 valence electrons. The number of anilines is 2. The Kier molecular flexibility index (Phi) is 6.65. The topological polar surface area (TPSA) is 38.8 Å². The zero-order valence-corrected chi connectivity index (χ0v) is 17.7. The van der Waals surface area contributed by atoms with E-state index in [1.807, 2.05) is 24.3 Å². The fraction of sp³-hybridized carbons (Fsp3) is 0.458. The summed E-state index contributed by atoms with van der Waals surface area (Å²) in [6.45, 7) is 6.69. The van der Waals surface area contributed by atoms with Crippen molar-refractivity contribution in [1.29, 1.82) is 0 Å².